The molecule has 15 heteroatoms. The molecular weight excluding hydrogens is 877 g/mol. The molecule has 0 spiro atoms. The maximum Gasteiger partial charge on any atom is 0.262 e. The summed E-state index contributed by atoms with van der Waals surface area (Å²) in [5.41, 5.74) is -0.527. The molecule has 0 fully saturated rings. The standard InChI is InChI=1S/2C21H48N4O.C13H32N4O/c1-17(2,3)24(18(4,5)6)21(22(13)14,26-23(15)16)25(19(7,8)9)20(10,11)12;1-13-22(14-2)21(26-23(15-3)16-4,24(17(5)6)18(7)8)25(19(9)10)20(11)12;1-9-14(5)13(15(6)10-2,16(7)11-3)18-17(8)12-4/h1-16H3;17-20H,13-16H2,1-12H3;9-12H2,1-8H3. The summed E-state index contributed by atoms with van der Waals surface area (Å²) < 4.78 is 0. The lowest BCUT2D eigenvalue weighted by molar-refractivity contribution is -0.439. The molecule has 0 aromatic rings. The molecule has 0 N–H and O–H groups in total. The molecular formula is C55H128N12O3. The van der Waals surface area contributed by atoms with Crippen molar-refractivity contribution in [1.29, 1.82) is 0 Å². The zero-order valence-corrected chi connectivity index (χ0v) is 54.1. The minimum absolute atomic E-state index is 0.132. The predicted octanol–water partition coefficient (Wildman–Crippen LogP) is 10.2. The summed E-state index contributed by atoms with van der Waals surface area (Å²) in [5, 5.41) is 5.83. The molecule has 0 aliphatic heterocycles. The smallest absolute Gasteiger partial charge is 0.254 e. The van der Waals surface area contributed by atoms with E-state index in [2.05, 4.69) is 278 Å². The molecule has 0 unspecified atom stereocenters. The fourth-order valence-corrected chi connectivity index (χ4v) is 11.0. The van der Waals surface area contributed by atoms with Crippen LogP contribution < -0.4 is 0 Å². The summed E-state index contributed by atoms with van der Waals surface area (Å²) in [4.78, 5) is 41.4. The van der Waals surface area contributed by atoms with Gasteiger partial charge >= 0.3 is 0 Å². The third-order valence-electron chi connectivity index (χ3n) is 12.8. The molecule has 0 aromatic carbocycles. The molecule has 0 atom stereocenters. The van der Waals surface area contributed by atoms with E-state index in [0.717, 1.165) is 52.4 Å². The first-order valence-corrected chi connectivity index (χ1v) is 27.5. The average Bonchev–Trinajstić information content (AvgIpc) is 3.18. The largest absolute Gasteiger partial charge is 0.262 e. The Morgan fingerprint density at radius 1 is 0.329 bits per heavy atom. The molecule has 0 aliphatic rings. The van der Waals surface area contributed by atoms with Crippen molar-refractivity contribution in [1.82, 2.24) is 59.3 Å². The van der Waals surface area contributed by atoms with Crippen LogP contribution in [0.2, 0.25) is 0 Å². The first-order chi connectivity index (χ1) is 31.5. The number of hydroxylamine groups is 6. The highest BCUT2D eigenvalue weighted by molar-refractivity contribution is 5.02. The van der Waals surface area contributed by atoms with Gasteiger partial charge in [0.05, 0.1) is 0 Å². The van der Waals surface area contributed by atoms with Gasteiger partial charge < -0.3 is 0 Å². The molecule has 0 heterocycles. The Morgan fingerprint density at radius 2 is 0.614 bits per heavy atom. The van der Waals surface area contributed by atoms with Gasteiger partial charge in [-0.05, 0) is 174 Å². The maximum absolute atomic E-state index is 6.96. The second-order valence-corrected chi connectivity index (χ2v) is 24.5. The molecule has 0 saturated heterocycles. The first kappa shape index (κ1) is 73.6. The van der Waals surface area contributed by atoms with Crippen LogP contribution in [-0.2, 0) is 14.5 Å². The van der Waals surface area contributed by atoms with Gasteiger partial charge in [0.15, 0.2) is 0 Å². The summed E-state index contributed by atoms with van der Waals surface area (Å²) in [6.45, 7) is 70.0. The topological polar surface area (TPSA) is 66.6 Å². The maximum atomic E-state index is 6.96. The summed E-state index contributed by atoms with van der Waals surface area (Å²) in [6.07, 6.45) is 0. The molecule has 0 amide bonds. The van der Waals surface area contributed by atoms with Gasteiger partial charge in [0.25, 0.3) is 17.9 Å². The molecule has 0 saturated carbocycles. The van der Waals surface area contributed by atoms with Crippen LogP contribution in [0, 0.1) is 0 Å². The normalized spacial score (nSPS) is 14.4. The van der Waals surface area contributed by atoms with Gasteiger partial charge in [-0.1, -0.05) is 55.4 Å². The van der Waals surface area contributed by atoms with Gasteiger partial charge in [0, 0.05) is 120 Å². The molecule has 426 valence electrons. The van der Waals surface area contributed by atoms with Crippen LogP contribution in [0.4, 0.5) is 0 Å². The van der Waals surface area contributed by atoms with Gasteiger partial charge in [-0.3, -0.25) is 19.6 Å². The van der Waals surface area contributed by atoms with Crippen LogP contribution in [0.5, 0.6) is 0 Å². The van der Waals surface area contributed by atoms with Crippen LogP contribution in [-0.4, -0.2) is 232 Å². The summed E-state index contributed by atoms with van der Waals surface area (Å²) in [6, 6.07) is 1.41. The zero-order valence-electron chi connectivity index (χ0n) is 54.1. The van der Waals surface area contributed by atoms with Crippen molar-refractivity contribution in [2.75, 3.05) is 109 Å². The van der Waals surface area contributed by atoms with Crippen LogP contribution in [0.25, 0.3) is 0 Å². The number of nitrogens with zero attached hydrogens (tertiary/aromatic N) is 12. The lowest BCUT2D eigenvalue weighted by atomic mass is 9.90. The van der Waals surface area contributed by atoms with E-state index in [4.69, 9.17) is 14.5 Å². The van der Waals surface area contributed by atoms with Gasteiger partial charge in [-0.15, -0.1) is 0 Å². The average molecular weight is 1010 g/mol. The van der Waals surface area contributed by atoms with Crippen LogP contribution in [0.3, 0.4) is 0 Å². The van der Waals surface area contributed by atoms with Crippen molar-refractivity contribution >= 4 is 0 Å². The summed E-state index contributed by atoms with van der Waals surface area (Å²) in [7, 11) is 16.4. The molecule has 0 aliphatic carbocycles. The Bertz CT molecular complexity index is 1220. The lowest BCUT2D eigenvalue weighted by Crippen LogP contribution is -2.82. The van der Waals surface area contributed by atoms with E-state index >= 15 is 0 Å². The fraction of sp³-hybridized carbons (Fsp3) is 1.00. The molecule has 70 heavy (non-hydrogen) atoms. The Labute approximate surface area is 439 Å². The second-order valence-electron chi connectivity index (χ2n) is 24.5. The number of rotatable bonds is 27. The highest BCUT2D eigenvalue weighted by Gasteiger charge is 2.60. The molecule has 0 rings (SSSR count). The zero-order chi connectivity index (χ0) is 56.5. The Hall–Kier alpha value is -0.600. The predicted molar refractivity (Wildman–Crippen MR) is 305 cm³/mol. The minimum Gasteiger partial charge on any atom is -0.254 e. The van der Waals surface area contributed by atoms with E-state index < -0.39 is 17.9 Å². The third kappa shape index (κ3) is 19.2. The number of hydrogen-bond acceptors (Lipinski definition) is 15. The van der Waals surface area contributed by atoms with E-state index in [1.54, 1.807) is 0 Å². The van der Waals surface area contributed by atoms with Crippen molar-refractivity contribution in [2.45, 2.75) is 258 Å². The van der Waals surface area contributed by atoms with Gasteiger partial charge in [0.2, 0.25) is 0 Å². The quantitative estimate of drug-likeness (QED) is 0.0579. The van der Waals surface area contributed by atoms with Gasteiger partial charge in [-0.25, -0.2) is 39.0 Å². The van der Waals surface area contributed by atoms with E-state index in [9.17, 15) is 0 Å². The second kappa shape index (κ2) is 30.8. The van der Waals surface area contributed by atoms with Crippen LogP contribution in [0.1, 0.15) is 194 Å². The lowest BCUT2D eigenvalue weighted by Gasteiger charge is -2.66. The highest BCUT2D eigenvalue weighted by atomic mass is 16.7. The summed E-state index contributed by atoms with van der Waals surface area (Å²) >= 11 is 0. The highest BCUT2D eigenvalue weighted by Crippen LogP contribution is 2.45. The monoisotopic (exact) mass is 1010 g/mol. The molecule has 0 aromatic heterocycles. The summed E-state index contributed by atoms with van der Waals surface area (Å²) in [5.74, 6) is -1.92. The van der Waals surface area contributed by atoms with Crippen molar-refractivity contribution in [2.24, 2.45) is 0 Å². The van der Waals surface area contributed by atoms with Crippen molar-refractivity contribution < 1.29 is 14.5 Å². The fourth-order valence-electron chi connectivity index (χ4n) is 11.0. The Kier molecular flexibility index (Phi) is 32.4. The van der Waals surface area contributed by atoms with Crippen LogP contribution >= 0.6 is 0 Å². The van der Waals surface area contributed by atoms with E-state index in [1.165, 1.54) is 0 Å². The molecule has 0 radical (unpaired) electrons. The minimum atomic E-state index is -0.781. The Balaban J connectivity index is -0.000000980. The van der Waals surface area contributed by atoms with E-state index in [-0.39, 0.29) is 22.2 Å². The van der Waals surface area contributed by atoms with E-state index in [1.807, 2.05) is 31.3 Å². The first-order valence-electron chi connectivity index (χ1n) is 27.5. The molecule has 0 bridgehead atoms. The van der Waals surface area contributed by atoms with Crippen molar-refractivity contribution in [3.8, 4) is 0 Å². The van der Waals surface area contributed by atoms with Crippen LogP contribution in [0.15, 0.2) is 0 Å². The van der Waals surface area contributed by atoms with Crippen molar-refractivity contribution in [3.63, 3.8) is 0 Å². The molecule has 15 nitrogen and oxygen atoms in total. The number of hydrogen-bond donors (Lipinski definition) is 0. The third-order valence-corrected chi connectivity index (χ3v) is 12.8. The van der Waals surface area contributed by atoms with Gasteiger partial charge in [-0.2, -0.15) is 15.2 Å². The van der Waals surface area contributed by atoms with Gasteiger partial charge in [0.1, 0.15) is 0 Å². The van der Waals surface area contributed by atoms with Crippen molar-refractivity contribution in [3.05, 3.63) is 0 Å². The van der Waals surface area contributed by atoms with E-state index in [0.29, 0.717) is 24.2 Å². The Morgan fingerprint density at radius 3 is 0.786 bits per heavy atom. The SMILES string of the molecule is CCN(C)OC(N(C)CC)(N(C)CC)N(C)CC.CCN(CC)OC(N(CC)CC)(N(C(C)C)C(C)C)N(C(C)C)C(C)C.CN(C)OC(N(C)C)(N(C(C)(C)C)C(C)(C)C)N(C(C)(C)C)C(C)(C)C.